The van der Waals surface area contributed by atoms with E-state index in [9.17, 15) is 14.4 Å². The molecule has 0 saturated carbocycles. The second-order valence-corrected chi connectivity index (χ2v) is 15.1. The van der Waals surface area contributed by atoms with Crippen molar-refractivity contribution < 1.29 is 33.0 Å². The summed E-state index contributed by atoms with van der Waals surface area (Å²) in [5.74, 6) is -1.41. The summed E-state index contributed by atoms with van der Waals surface area (Å²) in [6, 6.07) is 8.85. The Balaban J connectivity index is 3.15. The molecule has 1 atom stereocenters. The lowest BCUT2D eigenvalue weighted by Crippen LogP contribution is -2.41. The van der Waals surface area contributed by atoms with Crippen LogP contribution in [0.4, 0.5) is 0 Å². The Bertz CT molecular complexity index is 851. The van der Waals surface area contributed by atoms with Crippen molar-refractivity contribution in [3.63, 3.8) is 0 Å². The third-order valence-electron chi connectivity index (χ3n) is 6.30. The maximum atomic E-state index is 12.6. The van der Waals surface area contributed by atoms with E-state index in [1.54, 1.807) is 44.2 Å². The molecular formula is C27H42O7Si. The summed E-state index contributed by atoms with van der Waals surface area (Å²) < 4.78 is 22.0. The van der Waals surface area contributed by atoms with Crippen LogP contribution in [0.15, 0.2) is 42.0 Å². The molecule has 0 saturated heterocycles. The highest BCUT2D eigenvalue weighted by Crippen LogP contribution is 2.38. The average Bonchev–Trinajstić information content (AvgIpc) is 2.76. The molecule has 0 aliphatic carbocycles. The molecule has 0 aliphatic rings. The van der Waals surface area contributed by atoms with Crippen LogP contribution in [0.5, 0.6) is 5.75 Å². The van der Waals surface area contributed by atoms with Crippen LogP contribution >= 0.6 is 0 Å². The molecule has 0 N–H and O–H groups in total. The lowest BCUT2D eigenvalue weighted by Gasteiger charge is -2.37. The van der Waals surface area contributed by atoms with Crippen molar-refractivity contribution >= 4 is 26.2 Å². The van der Waals surface area contributed by atoms with Gasteiger partial charge in [0.25, 0.3) is 0 Å². The molecule has 8 heteroatoms. The molecule has 0 aromatic heterocycles. The molecule has 1 unspecified atom stereocenters. The van der Waals surface area contributed by atoms with E-state index in [1.165, 1.54) is 0 Å². The molecule has 1 aromatic rings. The zero-order chi connectivity index (χ0) is 26.7. The van der Waals surface area contributed by atoms with Gasteiger partial charge in [-0.1, -0.05) is 52.0 Å². The van der Waals surface area contributed by atoms with Crippen molar-refractivity contribution in [2.75, 3.05) is 19.8 Å². The van der Waals surface area contributed by atoms with Gasteiger partial charge in [0, 0.05) is 13.0 Å². The first kappa shape index (κ1) is 30.6. The third-order valence-corrected chi connectivity index (χ3v) is 10.8. The summed E-state index contributed by atoms with van der Waals surface area (Å²) in [5.41, 5.74) is -0.882. The van der Waals surface area contributed by atoms with Gasteiger partial charge in [0.05, 0.1) is 13.2 Å². The normalized spacial score (nSPS) is 13.4. The lowest BCUT2D eigenvalue weighted by atomic mass is 9.80. The second kappa shape index (κ2) is 13.6. The van der Waals surface area contributed by atoms with E-state index < -0.39 is 31.6 Å². The summed E-state index contributed by atoms with van der Waals surface area (Å²) in [7, 11) is -2.00. The van der Waals surface area contributed by atoms with E-state index in [0.29, 0.717) is 25.2 Å². The van der Waals surface area contributed by atoms with Gasteiger partial charge in [-0.05, 0) is 62.4 Å². The monoisotopic (exact) mass is 506 g/mol. The van der Waals surface area contributed by atoms with Crippen molar-refractivity contribution in [3.8, 4) is 5.75 Å². The number of hydrogen-bond donors (Lipinski definition) is 0. The number of para-hydroxylation sites is 1. The summed E-state index contributed by atoms with van der Waals surface area (Å²) in [4.78, 5) is 37.7. The van der Waals surface area contributed by atoms with Gasteiger partial charge >= 0.3 is 17.9 Å². The molecule has 196 valence electrons. The summed E-state index contributed by atoms with van der Waals surface area (Å²) in [6.07, 6.45) is 2.52. The van der Waals surface area contributed by atoms with Crippen LogP contribution in [-0.4, -0.2) is 46.0 Å². The second-order valence-electron chi connectivity index (χ2n) is 10.3. The van der Waals surface area contributed by atoms with Crippen LogP contribution in [0.2, 0.25) is 18.1 Å². The van der Waals surface area contributed by atoms with Crippen molar-refractivity contribution in [2.24, 2.45) is 5.41 Å². The Morgan fingerprint density at radius 2 is 1.43 bits per heavy atom. The Kier molecular flexibility index (Phi) is 11.9. The first-order chi connectivity index (χ1) is 16.2. The molecule has 1 aromatic carbocycles. The fourth-order valence-corrected chi connectivity index (χ4v) is 4.10. The first-order valence-electron chi connectivity index (χ1n) is 12.2. The molecular weight excluding hydrogens is 464 g/mol. The van der Waals surface area contributed by atoms with Gasteiger partial charge in [-0.25, -0.2) is 9.59 Å². The van der Waals surface area contributed by atoms with Gasteiger partial charge in [0.15, 0.2) is 8.32 Å². The Hall–Kier alpha value is -2.45. The standard InChI is InChI=1S/C27H42O7Si/c1-9-31-24(29)22(25(30)32-10-2)20-27(6,18-19-33-35(7,8)26(3,4)5)17-16-23(28)34-21-14-12-11-13-15-21/h11-15,20H,9-10,16-19H2,1-8H3. The molecule has 0 bridgehead atoms. The fourth-order valence-electron chi connectivity index (χ4n) is 3.05. The number of esters is 3. The summed E-state index contributed by atoms with van der Waals surface area (Å²) in [6.45, 7) is 16.8. The van der Waals surface area contributed by atoms with Gasteiger partial charge in [-0.15, -0.1) is 0 Å². The number of allylic oxidation sites excluding steroid dienone is 1. The van der Waals surface area contributed by atoms with Crippen LogP contribution in [-0.2, 0) is 28.3 Å². The van der Waals surface area contributed by atoms with Gasteiger partial charge < -0.3 is 18.6 Å². The molecule has 0 heterocycles. The van der Waals surface area contributed by atoms with Gasteiger partial charge in [-0.3, -0.25) is 4.79 Å². The van der Waals surface area contributed by atoms with Gasteiger partial charge in [0.2, 0.25) is 0 Å². The predicted octanol–water partition coefficient (Wildman–Crippen LogP) is 5.84. The highest BCUT2D eigenvalue weighted by atomic mass is 28.4. The van der Waals surface area contributed by atoms with E-state index in [-0.39, 0.29) is 30.2 Å². The number of rotatable bonds is 13. The molecule has 7 nitrogen and oxygen atoms in total. The maximum absolute atomic E-state index is 12.6. The number of benzene rings is 1. The highest BCUT2D eigenvalue weighted by Gasteiger charge is 2.38. The number of carbonyl (C=O) groups excluding carboxylic acids is 3. The van der Waals surface area contributed by atoms with E-state index in [4.69, 9.17) is 18.6 Å². The number of hydrogen-bond acceptors (Lipinski definition) is 7. The van der Waals surface area contributed by atoms with Crippen molar-refractivity contribution in [1.29, 1.82) is 0 Å². The van der Waals surface area contributed by atoms with E-state index in [1.807, 2.05) is 13.0 Å². The fraction of sp³-hybridized carbons (Fsp3) is 0.593. The van der Waals surface area contributed by atoms with Crippen molar-refractivity contribution in [2.45, 2.75) is 78.9 Å². The van der Waals surface area contributed by atoms with Crippen molar-refractivity contribution in [1.82, 2.24) is 0 Å². The van der Waals surface area contributed by atoms with Gasteiger partial charge in [-0.2, -0.15) is 0 Å². The molecule has 1 rings (SSSR count). The minimum Gasteiger partial charge on any atom is -0.462 e. The SMILES string of the molecule is CCOC(=O)C(=CC(C)(CCO[Si](C)(C)C(C)(C)C)CCC(=O)Oc1ccccc1)C(=O)OCC. The molecule has 0 aliphatic heterocycles. The molecule has 0 fully saturated rings. The lowest BCUT2D eigenvalue weighted by molar-refractivity contribution is -0.146. The predicted molar refractivity (Wildman–Crippen MR) is 139 cm³/mol. The Morgan fingerprint density at radius 3 is 1.91 bits per heavy atom. The van der Waals surface area contributed by atoms with Crippen LogP contribution < -0.4 is 4.74 Å². The zero-order valence-corrected chi connectivity index (χ0v) is 23.6. The van der Waals surface area contributed by atoms with E-state index in [2.05, 4.69) is 33.9 Å². The smallest absolute Gasteiger partial charge is 0.345 e. The number of carbonyl (C=O) groups is 3. The number of ether oxygens (including phenoxy) is 3. The van der Waals surface area contributed by atoms with E-state index >= 15 is 0 Å². The average molecular weight is 507 g/mol. The minimum absolute atomic E-state index is 0.0414. The maximum Gasteiger partial charge on any atom is 0.345 e. The topological polar surface area (TPSA) is 88.1 Å². The molecule has 0 radical (unpaired) electrons. The van der Waals surface area contributed by atoms with Crippen LogP contribution in [0.1, 0.15) is 60.8 Å². The minimum atomic E-state index is -2.00. The van der Waals surface area contributed by atoms with Crippen LogP contribution in [0.3, 0.4) is 0 Å². The van der Waals surface area contributed by atoms with E-state index in [0.717, 1.165) is 0 Å². The Morgan fingerprint density at radius 1 is 0.886 bits per heavy atom. The first-order valence-corrected chi connectivity index (χ1v) is 15.1. The Labute approximate surface area is 211 Å². The van der Waals surface area contributed by atoms with Crippen LogP contribution in [0, 0.1) is 5.41 Å². The van der Waals surface area contributed by atoms with Gasteiger partial charge in [0.1, 0.15) is 11.3 Å². The summed E-state index contributed by atoms with van der Waals surface area (Å²) in [5, 5.41) is 0.0414. The third kappa shape index (κ3) is 10.4. The van der Waals surface area contributed by atoms with Crippen molar-refractivity contribution in [3.05, 3.63) is 42.0 Å². The molecule has 0 amide bonds. The van der Waals surface area contributed by atoms with Crippen LogP contribution in [0.25, 0.3) is 0 Å². The molecule has 35 heavy (non-hydrogen) atoms. The quantitative estimate of drug-likeness (QED) is 0.0829. The molecule has 0 spiro atoms. The largest absolute Gasteiger partial charge is 0.462 e. The zero-order valence-electron chi connectivity index (χ0n) is 22.6. The highest BCUT2D eigenvalue weighted by molar-refractivity contribution is 6.74. The summed E-state index contributed by atoms with van der Waals surface area (Å²) >= 11 is 0.